The Hall–Kier alpha value is -3.63. The maximum atomic E-state index is 13.1. The van der Waals surface area contributed by atoms with Crippen molar-refractivity contribution in [1.82, 2.24) is 10.6 Å². The van der Waals surface area contributed by atoms with E-state index < -0.39 is 58.8 Å². The number of nitrogens with one attached hydrogen (secondary N) is 2. The highest BCUT2D eigenvalue weighted by Gasteiger charge is 2.35. The number of carbonyl (C=O) groups excluding carboxylic acids is 5. The molecule has 0 fully saturated rings. The van der Waals surface area contributed by atoms with E-state index in [0.29, 0.717) is 0 Å². The van der Waals surface area contributed by atoms with Crippen LogP contribution in [0.2, 0.25) is 0 Å². The van der Waals surface area contributed by atoms with Crippen LogP contribution in [0.3, 0.4) is 0 Å². The molecule has 2 N–H and O–H groups in total. The Morgan fingerprint density at radius 2 is 1.02 bits per heavy atom. The van der Waals surface area contributed by atoms with Gasteiger partial charge >= 0.3 is 24.0 Å². The molecule has 0 unspecified atom stereocenters. The minimum atomic E-state index is -1.20. The molecular weight excluding hydrogens is 556 g/mol. The summed E-state index contributed by atoms with van der Waals surface area (Å²) in [5.74, 6) is -2.08. The van der Waals surface area contributed by atoms with Gasteiger partial charge < -0.3 is 29.6 Å². The standard InChI is InChI=1S/C32H50N2O9/c1-29(2,3)41-25(36)15-18-32(19-16-26(37)42-30(4,5)6,20-17-27(38)43-31(7,8)9)34-24(35)21-33-28(39)40-22-23-13-11-10-12-14-23/h10-14H,15-22H2,1-9H3,(H,33,39)(H,34,35). The molecule has 0 radical (unpaired) electrons. The Morgan fingerprint density at radius 3 is 1.40 bits per heavy atom. The number of hydrogen-bond acceptors (Lipinski definition) is 9. The van der Waals surface area contributed by atoms with E-state index in [1.165, 1.54) is 0 Å². The highest BCUT2D eigenvalue weighted by atomic mass is 16.6. The van der Waals surface area contributed by atoms with Crippen LogP contribution in [-0.4, -0.2) is 58.8 Å². The van der Waals surface area contributed by atoms with Crippen molar-refractivity contribution in [2.24, 2.45) is 0 Å². The first-order valence-corrected chi connectivity index (χ1v) is 14.6. The molecule has 0 spiro atoms. The highest BCUT2D eigenvalue weighted by Crippen LogP contribution is 2.28. The van der Waals surface area contributed by atoms with E-state index in [-0.39, 0.29) is 45.1 Å². The van der Waals surface area contributed by atoms with E-state index >= 15 is 0 Å². The Bertz CT molecular complexity index is 1000. The summed E-state index contributed by atoms with van der Waals surface area (Å²) in [5, 5.41) is 5.30. The molecular formula is C32H50N2O9. The summed E-state index contributed by atoms with van der Waals surface area (Å²) in [5.41, 5.74) is -2.58. The second-order valence-electron chi connectivity index (χ2n) is 13.5. The van der Waals surface area contributed by atoms with Gasteiger partial charge in [0.25, 0.3) is 0 Å². The van der Waals surface area contributed by atoms with Crippen LogP contribution in [-0.2, 0) is 44.7 Å². The van der Waals surface area contributed by atoms with Gasteiger partial charge in [0.2, 0.25) is 5.91 Å². The summed E-state index contributed by atoms with van der Waals surface area (Å²) in [6.45, 7) is 15.3. The van der Waals surface area contributed by atoms with Crippen LogP contribution in [0.1, 0.15) is 106 Å². The number of amides is 2. The van der Waals surface area contributed by atoms with Gasteiger partial charge in [0.15, 0.2) is 0 Å². The third-order valence-electron chi connectivity index (χ3n) is 5.69. The van der Waals surface area contributed by atoms with E-state index in [1.54, 1.807) is 74.4 Å². The molecule has 0 aromatic heterocycles. The quantitative estimate of drug-likeness (QED) is 0.217. The fourth-order valence-corrected chi connectivity index (χ4v) is 4.03. The van der Waals surface area contributed by atoms with E-state index in [1.807, 2.05) is 18.2 Å². The zero-order valence-electron chi connectivity index (χ0n) is 27.2. The Labute approximate surface area is 255 Å². The van der Waals surface area contributed by atoms with Crippen molar-refractivity contribution in [2.45, 2.75) is 130 Å². The van der Waals surface area contributed by atoms with Crippen molar-refractivity contribution < 1.29 is 42.9 Å². The van der Waals surface area contributed by atoms with Gasteiger partial charge in [-0.25, -0.2) is 4.79 Å². The minimum absolute atomic E-state index is 0.0277. The second kappa shape index (κ2) is 16.3. The Morgan fingerprint density at radius 1 is 0.628 bits per heavy atom. The largest absolute Gasteiger partial charge is 0.460 e. The van der Waals surface area contributed by atoms with Crippen molar-refractivity contribution >= 4 is 29.9 Å². The maximum Gasteiger partial charge on any atom is 0.407 e. The SMILES string of the molecule is CC(C)(C)OC(=O)CCC(CCC(=O)OC(C)(C)C)(CCC(=O)OC(C)(C)C)NC(=O)CNC(=O)OCc1ccccc1. The molecule has 1 aromatic carbocycles. The third-order valence-corrected chi connectivity index (χ3v) is 5.69. The predicted molar refractivity (Wildman–Crippen MR) is 161 cm³/mol. The molecule has 0 bridgehead atoms. The molecule has 0 saturated carbocycles. The molecule has 11 heteroatoms. The van der Waals surface area contributed by atoms with Gasteiger partial charge in [-0.3, -0.25) is 19.2 Å². The predicted octanol–water partition coefficient (Wildman–Crippen LogP) is 5.13. The monoisotopic (exact) mass is 606 g/mol. The summed E-state index contributed by atoms with van der Waals surface area (Å²) >= 11 is 0. The lowest BCUT2D eigenvalue weighted by Gasteiger charge is -2.35. The molecule has 11 nitrogen and oxygen atoms in total. The molecule has 0 aliphatic carbocycles. The van der Waals surface area contributed by atoms with Crippen LogP contribution < -0.4 is 10.6 Å². The number of ether oxygens (including phenoxy) is 4. The van der Waals surface area contributed by atoms with Crippen molar-refractivity contribution in [1.29, 1.82) is 0 Å². The number of hydrogen-bond donors (Lipinski definition) is 2. The smallest absolute Gasteiger partial charge is 0.407 e. The van der Waals surface area contributed by atoms with Crippen molar-refractivity contribution in [3.05, 3.63) is 35.9 Å². The molecule has 1 rings (SSSR count). The van der Waals surface area contributed by atoms with Crippen LogP contribution in [0.25, 0.3) is 0 Å². The molecule has 2 amide bonds. The number of benzene rings is 1. The van der Waals surface area contributed by atoms with Gasteiger partial charge in [0, 0.05) is 24.8 Å². The van der Waals surface area contributed by atoms with Crippen LogP contribution in [0, 0.1) is 0 Å². The molecule has 1 aromatic rings. The van der Waals surface area contributed by atoms with Crippen LogP contribution in [0.4, 0.5) is 4.79 Å². The second-order valence-corrected chi connectivity index (χ2v) is 13.5. The highest BCUT2D eigenvalue weighted by molar-refractivity contribution is 5.83. The van der Waals surface area contributed by atoms with E-state index in [9.17, 15) is 24.0 Å². The topological polar surface area (TPSA) is 146 Å². The van der Waals surface area contributed by atoms with Gasteiger partial charge in [0.05, 0.1) is 0 Å². The first-order chi connectivity index (χ1) is 19.7. The van der Waals surface area contributed by atoms with E-state index in [2.05, 4.69) is 10.6 Å². The molecule has 0 aliphatic heterocycles. The summed E-state index contributed by atoms with van der Waals surface area (Å²) in [6, 6.07) is 9.07. The van der Waals surface area contributed by atoms with Crippen LogP contribution in [0.5, 0.6) is 0 Å². The minimum Gasteiger partial charge on any atom is -0.460 e. The lowest BCUT2D eigenvalue weighted by Crippen LogP contribution is -2.52. The zero-order chi connectivity index (χ0) is 32.9. The lowest BCUT2D eigenvalue weighted by atomic mass is 9.83. The van der Waals surface area contributed by atoms with Crippen LogP contribution >= 0.6 is 0 Å². The molecule has 0 atom stereocenters. The maximum absolute atomic E-state index is 13.1. The summed E-state index contributed by atoms with van der Waals surface area (Å²) < 4.78 is 21.5. The van der Waals surface area contributed by atoms with Gasteiger partial charge in [-0.1, -0.05) is 30.3 Å². The number of rotatable bonds is 14. The molecule has 43 heavy (non-hydrogen) atoms. The third kappa shape index (κ3) is 18.5. The van der Waals surface area contributed by atoms with Gasteiger partial charge in [0.1, 0.15) is 30.0 Å². The number of carbonyl (C=O) groups is 5. The van der Waals surface area contributed by atoms with E-state index in [0.717, 1.165) is 5.56 Å². The van der Waals surface area contributed by atoms with Gasteiger partial charge in [-0.15, -0.1) is 0 Å². The summed E-state index contributed by atoms with van der Waals surface area (Å²) in [4.78, 5) is 63.3. The number of alkyl carbamates (subject to hydrolysis) is 1. The van der Waals surface area contributed by atoms with Gasteiger partial charge in [-0.2, -0.15) is 0 Å². The normalized spacial score (nSPS) is 12.1. The Balaban J connectivity index is 3.10. The number of esters is 3. The van der Waals surface area contributed by atoms with Gasteiger partial charge in [-0.05, 0) is 87.1 Å². The Kier molecular flexibility index (Phi) is 14.2. The molecule has 0 heterocycles. The van der Waals surface area contributed by atoms with E-state index in [4.69, 9.17) is 18.9 Å². The first kappa shape index (κ1) is 37.4. The average Bonchev–Trinajstić information content (AvgIpc) is 2.84. The summed E-state index contributed by atoms with van der Waals surface area (Å²) in [7, 11) is 0. The van der Waals surface area contributed by atoms with Crippen molar-refractivity contribution in [2.75, 3.05) is 6.54 Å². The van der Waals surface area contributed by atoms with Crippen LogP contribution in [0.15, 0.2) is 30.3 Å². The lowest BCUT2D eigenvalue weighted by molar-refractivity contribution is -0.155. The zero-order valence-corrected chi connectivity index (χ0v) is 27.2. The first-order valence-electron chi connectivity index (χ1n) is 14.6. The molecule has 0 aliphatic rings. The summed E-state index contributed by atoms with van der Waals surface area (Å²) in [6.07, 6.45) is -0.861. The molecule has 0 saturated heterocycles. The fourth-order valence-electron chi connectivity index (χ4n) is 4.03. The fraction of sp³-hybridized carbons (Fsp3) is 0.656. The van der Waals surface area contributed by atoms with Crippen molar-refractivity contribution in [3.63, 3.8) is 0 Å². The van der Waals surface area contributed by atoms with Crippen molar-refractivity contribution in [3.8, 4) is 0 Å². The molecule has 242 valence electrons. The average molecular weight is 607 g/mol.